The number of aromatic nitrogens is 1. The first-order valence-electron chi connectivity index (χ1n) is 6.25. The van der Waals surface area contributed by atoms with Crippen LogP contribution in [0.3, 0.4) is 0 Å². The molecule has 1 aromatic rings. The number of hydrogen-bond acceptors (Lipinski definition) is 5. The van der Waals surface area contributed by atoms with Crippen LogP contribution in [0.4, 0.5) is 5.82 Å². The summed E-state index contributed by atoms with van der Waals surface area (Å²) in [6.45, 7) is 4.63. The van der Waals surface area contributed by atoms with Crippen LogP contribution in [-0.2, 0) is 9.53 Å². The molecule has 18 heavy (non-hydrogen) atoms. The molecule has 0 radical (unpaired) electrons. The van der Waals surface area contributed by atoms with E-state index in [0.717, 1.165) is 38.5 Å². The zero-order valence-electron chi connectivity index (χ0n) is 10.7. The number of carbonyl (C=O) groups excluding carboxylic acids is 1. The number of pyridine rings is 1. The number of carbonyl (C=O) groups is 1. The SMILES string of the molecule is COC(=O)CCN1CCN(c2ccccn2)CC1. The molecule has 2 rings (SSSR count). The van der Waals surface area contributed by atoms with Gasteiger partial charge in [0.25, 0.3) is 0 Å². The largest absolute Gasteiger partial charge is 0.469 e. The summed E-state index contributed by atoms with van der Waals surface area (Å²) in [6, 6.07) is 5.96. The van der Waals surface area contributed by atoms with E-state index in [4.69, 9.17) is 0 Å². The van der Waals surface area contributed by atoms with E-state index >= 15 is 0 Å². The van der Waals surface area contributed by atoms with Crippen molar-refractivity contribution in [1.29, 1.82) is 0 Å². The molecular formula is C13H19N3O2. The number of piperazine rings is 1. The molecular weight excluding hydrogens is 230 g/mol. The molecule has 1 aliphatic rings. The fraction of sp³-hybridized carbons (Fsp3) is 0.538. The van der Waals surface area contributed by atoms with Crippen LogP contribution in [0.5, 0.6) is 0 Å². The summed E-state index contributed by atoms with van der Waals surface area (Å²) in [4.78, 5) is 20.0. The normalized spacial score (nSPS) is 16.6. The molecule has 1 aromatic heterocycles. The van der Waals surface area contributed by atoms with Gasteiger partial charge >= 0.3 is 5.97 Å². The van der Waals surface area contributed by atoms with E-state index < -0.39 is 0 Å². The summed E-state index contributed by atoms with van der Waals surface area (Å²) < 4.78 is 4.65. The van der Waals surface area contributed by atoms with Gasteiger partial charge in [-0.25, -0.2) is 4.98 Å². The maximum absolute atomic E-state index is 11.1. The average molecular weight is 249 g/mol. The standard InChI is InChI=1S/C13H19N3O2/c1-18-13(17)5-7-15-8-10-16(11-9-15)12-4-2-3-6-14-12/h2-4,6H,5,7-11H2,1H3. The van der Waals surface area contributed by atoms with Crippen LogP contribution in [-0.4, -0.2) is 55.7 Å². The summed E-state index contributed by atoms with van der Waals surface area (Å²) in [5.74, 6) is 0.896. The number of ether oxygens (including phenoxy) is 1. The number of nitrogens with zero attached hydrogens (tertiary/aromatic N) is 3. The first kappa shape index (κ1) is 12.8. The van der Waals surface area contributed by atoms with Crippen molar-refractivity contribution in [1.82, 2.24) is 9.88 Å². The van der Waals surface area contributed by atoms with E-state index in [-0.39, 0.29) is 5.97 Å². The van der Waals surface area contributed by atoms with Crippen molar-refractivity contribution >= 4 is 11.8 Å². The van der Waals surface area contributed by atoms with Crippen LogP contribution in [0.1, 0.15) is 6.42 Å². The number of anilines is 1. The molecule has 0 aromatic carbocycles. The quantitative estimate of drug-likeness (QED) is 0.737. The Balaban J connectivity index is 1.76. The maximum Gasteiger partial charge on any atom is 0.306 e. The Morgan fingerprint density at radius 2 is 2.11 bits per heavy atom. The zero-order chi connectivity index (χ0) is 12.8. The topological polar surface area (TPSA) is 45.7 Å². The molecule has 0 saturated carbocycles. The molecule has 98 valence electrons. The average Bonchev–Trinajstić information content (AvgIpc) is 2.46. The van der Waals surface area contributed by atoms with E-state index in [9.17, 15) is 4.79 Å². The minimum atomic E-state index is -0.137. The summed E-state index contributed by atoms with van der Waals surface area (Å²) in [5, 5.41) is 0. The van der Waals surface area contributed by atoms with Gasteiger partial charge in [0, 0.05) is 38.9 Å². The lowest BCUT2D eigenvalue weighted by Crippen LogP contribution is -2.47. The highest BCUT2D eigenvalue weighted by Gasteiger charge is 2.18. The van der Waals surface area contributed by atoms with Crippen molar-refractivity contribution in [2.24, 2.45) is 0 Å². The van der Waals surface area contributed by atoms with E-state index in [1.54, 1.807) is 0 Å². The third-order valence-corrected chi connectivity index (χ3v) is 3.21. The Kier molecular flexibility index (Phi) is 4.52. The van der Waals surface area contributed by atoms with Crippen LogP contribution < -0.4 is 4.90 Å². The predicted octanol–water partition coefficient (Wildman–Crippen LogP) is 0.767. The Bertz CT molecular complexity index is 375. The van der Waals surface area contributed by atoms with E-state index in [1.165, 1.54) is 7.11 Å². The van der Waals surface area contributed by atoms with Crippen LogP contribution in [0.15, 0.2) is 24.4 Å². The monoisotopic (exact) mass is 249 g/mol. The molecule has 0 unspecified atom stereocenters. The van der Waals surface area contributed by atoms with Gasteiger partial charge in [0.05, 0.1) is 13.5 Å². The van der Waals surface area contributed by atoms with Crippen molar-refractivity contribution < 1.29 is 9.53 Å². The summed E-state index contributed by atoms with van der Waals surface area (Å²) in [5.41, 5.74) is 0. The van der Waals surface area contributed by atoms with E-state index in [0.29, 0.717) is 6.42 Å². The molecule has 1 saturated heterocycles. The first-order chi connectivity index (χ1) is 8.79. The van der Waals surface area contributed by atoms with Gasteiger partial charge in [0.2, 0.25) is 0 Å². The molecule has 5 nitrogen and oxygen atoms in total. The van der Waals surface area contributed by atoms with Crippen molar-refractivity contribution in [2.75, 3.05) is 44.7 Å². The summed E-state index contributed by atoms with van der Waals surface area (Å²) >= 11 is 0. The minimum absolute atomic E-state index is 0.137. The highest BCUT2D eigenvalue weighted by Crippen LogP contribution is 2.12. The second kappa shape index (κ2) is 6.35. The van der Waals surface area contributed by atoms with Gasteiger partial charge in [-0.15, -0.1) is 0 Å². The van der Waals surface area contributed by atoms with Crippen LogP contribution in [0.2, 0.25) is 0 Å². The lowest BCUT2D eigenvalue weighted by Gasteiger charge is -2.35. The Morgan fingerprint density at radius 1 is 1.33 bits per heavy atom. The summed E-state index contributed by atoms with van der Waals surface area (Å²) in [7, 11) is 1.43. The smallest absolute Gasteiger partial charge is 0.306 e. The Hall–Kier alpha value is -1.62. The molecule has 1 aliphatic heterocycles. The van der Waals surface area contributed by atoms with Gasteiger partial charge in [0.1, 0.15) is 5.82 Å². The molecule has 0 amide bonds. The molecule has 0 N–H and O–H groups in total. The molecule has 0 aliphatic carbocycles. The number of hydrogen-bond donors (Lipinski definition) is 0. The molecule has 1 fully saturated rings. The van der Waals surface area contributed by atoms with Crippen molar-refractivity contribution in [3.05, 3.63) is 24.4 Å². The maximum atomic E-state index is 11.1. The van der Waals surface area contributed by atoms with Crippen molar-refractivity contribution in [3.8, 4) is 0 Å². The van der Waals surface area contributed by atoms with Crippen LogP contribution in [0.25, 0.3) is 0 Å². The molecule has 0 spiro atoms. The fourth-order valence-electron chi connectivity index (χ4n) is 2.09. The fourth-order valence-corrected chi connectivity index (χ4v) is 2.09. The Morgan fingerprint density at radius 3 is 2.72 bits per heavy atom. The molecule has 5 heteroatoms. The van der Waals surface area contributed by atoms with Gasteiger partial charge in [0.15, 0.2) is 0 Å². The second-order valence-electron chi connectivity index (χ2n) is 4.34. The van der Waals surface area contributed by atoms with E-state index in [1.807, 2.05) is 24.4 Å². The first-order valence-corrected chi connectivity index (χ1v) is 6.25. The highest BCUT2D eigenvalue weighted by molar-refractivity contribution is 5.69. The van der Waals surface area contributed by atoms with Gasteiger partial charge in [-0.05, 0) is 12.1 Å². The van der Waals surface area contributed by atoms with Crippen molar-refractivity contribution in [2.45, 2.75) is 6.42 Å². The Labute approximate surface area is 107 Å². The molecule has 0 atom stereocenters. The van der Waals surface area contributed by atoms with Gasteiger partial charge in [-0.3, -0.25) is 9.69 Å². The number of rotatable bonds is 4. The highest BCUT2D eigenvalue weighted by atomic mass is 16.5. The lowest BCUT2D eigenvalue weighted by molar-refractivity contribution is -0.141. The number of methoxy groups -OCH3 is 1. The zero-order valence-corrected chi connectivity index (χ0v) is 10.7. The third kappa shape index (κ3) is 3.43. The van der Waals surface area contributed by atoms with Gasteiger partial charge in [-0.2, -0.15) is 0 Å². The van der Waals surface area contributed by atoms with E-state index in [2.05, 4.69) is 19.5 Å². The van der Waals surface area contributed by atoms with Crippen molar-refractivity contribution in [3.63, 3.8) is 0 Å². The summed E-state index contributed by atoms with van der Waals surface area (Å²) in [6.07, 6.45) is 2.29. The second-order valence-corrected chi connectivity index (χ2v) is 4.34. The molecule has 2 heterocycles. The van der Waals surface area contributed by atoms with Gasteiger partial charge < -0.3 is 9.64 Å². The van der Waals surface area contributed by atoms with Crippen LogP contribution >= 0.6 is 0 Å². The third-order valence-electron chi connectivity index (χ3n) is 3.21. The number of esters is 1. The van der Waals surface area contributed by atoms with Crippen LogP contribution in [0, 0.1) is 0 Å². The minimum Gasteiger partial charge on any atom is -0.469 e. The molecule has 0 bridgehead atoms. The van der Waals surface area contributed by atoms with Gasteiger partial charge in [-0.1, -0.05) is 6.07 Å². The predicted molar refractivity (Wildman–Crippen MR) is 69.5 cm³/mol. The lowest BCUT2D eigenvalue weighted by atomic mass is 10.3.